The smallest absolute Gasteiger partial charge is 0.278 e. The second-order valence-corrected chi connectivity index (χ2v) is 7.99. The van der Waals surface area contributed by atoms with Crippen molar-refractivity contribution in [3.63, 3.8) is 0 Å². The molecule has 3 aromatic carbocycles. The third-order valence-electron chi connectivity index (χ3n) is 5.72. The number of nitrogens with zero attached hydrogens (tertiary/aromatic N) is 2. The summed E-state index contributed by atoms with van der Waals surface area (Å²) in [6.07, 6.45) is 0.780. The summed E-state index contributed by atoms with van der Waals surface area (Å²) in [5, 5.41) is 0.539. The molecule has 0 aromatic heterocycles. The zero-order valence-electron chi connectivity index (χ0n) is 16.5. The fourth-order valence-corrected chi connectivity index (χ4v) is 4.33. The normalized spacial score (nSPS) is 15.8. The SMILES string of the molecule is O=C1C(c2ccc(Cl)cc2)=C(N2CCc3ccccc32)C(=O)N1Cc1ccccc1F. The molecule has 2 aliphatic heterocycles. The monoisotopic (exact) mass is 432 g/mol. The minimum absolute atomic E-state index is 0.125. The average Bonchev–Trinajstić information content (AvgIpc) is 3.30. The number of imide groups is 1. The molecule has 0 fully saturated rings. The molecule has 0 spiro atoms. The van der Waals surface area contributed by atoms with Gasteiger partial charge in [-0.25, -0.2) is 4.39 Å². The zero-order chi connectivity index (χ0) is 21.5. The Morgan fingerprint density at radius 1 is 0.871 bits per heavy atom. The van der Waals surface area contributed by atoms with E-state index in [9.17, 15) is 14.0 Å². The van der Waals surface area contributed by atoms with E-state index in [2.05, 4.69) is 0 Å². The number of amides is 2. The van der Waals surface area contributed by atoms with Gasteiger partial charge in [0.25, 0.3) is 11.8 Å². The lowest BCUT2D eigenvalue weighted by Gasteiger charge is -2.22. The lowest BCUT2D eigenvalue weighted by Crippen LogP contribution is -2.34. The second-order valence-electron chi connectivity index (χ2n) is 7.55. The molecule has 0 unspecified atom stereocenters. The number of hydrogen-bond donors (Lipinski definition) is 0. The molecule has 0 radical (unpaired) electrons. The van der Waals surface area contributed by atoms with Crippen LogP contribution >= 0.6 is 11.6 Å². The summed E-state index contributed by atoms with van der Waals surface area (Å²) in [5.41, 5.74) is 3.58. The van der Waals surface area contributed by atoms with Gasteiger partial charge in [-0.05, 0) is 41.8 Å². The van der Waals surface area contributed by atoms with Crippen LogP contribution in [0.1, 0.15) is 16.7 Å². The van der Waals surface area contributed by atoms with Gasteiger partial charge in [0, 0.05) is 22.8 Å². The summed E-state index contributed by atoms with van der Waals surface area (Å²) in [6.45, 7) is 0.471. The number of rotatable bonds is 4. The van der Waals surface area contributed by atoms with Crippen molar-refractivity contribution in [3.05, 3.63) is 106 Å². The van der Waals surface area contributed by atoms with Crippen LogP contribution in [0.15, 0.2) is 78.5 Å². The van der Waals surface area contributed by atoms with Gasteiger partial charge in [0.05, 0.1) is 12.1 Å². The van der Waals surface area contributed by atoms with Crippen molar-refractivity contribution in [2.24, 2.45) is 0 Å². The first-order valence-corrected chi connectivity index (χ1v) is 10.4. The molecule has 154 valence electrons. The number of para-hydroxylation sites is 1. The molecule has 0 aliphatic carbocycles. The van der Waals surface area contributed by atoms with Crippen molar-refractivity contribution < 1.29 is 14.0 Å². The Hall–Kier alpha value is -3.44. The van der Waals surface area contributed by atoms with E-state index in [1.165, 1.54) is 6.07 Å². The molecular formula is C25H18ClFN2O2. The topological polar surface area (TPSA) is 40.6 Å². The summed E-state index contributed by atoms with van der Waals surface area (Å²) in [4.78, 5) is 30.0. The van der Waals surface area contributed by atoms with E-state index in [4.69, 9.17) is 11.6 Å². The quantitative estimate of drug-likeness (QED) is 0.555. The highest BCUT2D eigenvalue weighted by atomic mass is 35.5. The molecular weight excluding hydrogens is 415 g/mol. The van der Waals surface area contributed by atoms with Crippen LogP contribution in [-0.2, 0) is 22.6 Å². The van der Waals surface area contributed by atoms with Crippen molar-refractivity contribution in [2.75, 3.05) is 11.4 Å². The summed E-state index contributed by atoms with van der Waals surface area (Å²) >= 11 is 6.04. The summed E-state index contributed by atoms with van der Waals surface area (Å²) in [7, 11) is 0. The van der Waals surface area contributed by atoms with Gasteiger partial charge in [0.2, 0.25) is 0 Å². The Labute approximate surface area is 184 Å². The van der Waals surface area contributed by atoms with E-state index in [1.807, 2.05) is 29.2 Å². The van der Waals surface area contributed by atoms with Crippen LogP contribution < -0.4 is 4.90 Å². The van der Waals surface area contributed by atoms with Crippen LogP contribution in [0.3, 0.4) is 0 Å². The largest absolute Gasteiger partial charge is 0.336 e. The number of hydrogen-bond acceptors (Lipinski definition) is 3. The van der Waals surface area contributed by atoms with Gasteiger partial charge in [0.15, 0.2) is 0 Å². The van der Waals surface area contributed by atoms with Crippen LogP contribution in [0.2, 0.25) is 5.02 Å². The van der Waals surface area contributed by atoms with E-state index in [-0.39, 0.29) is 6.54 Å². The lowest BCUT2D eigenvalue weighted by atomic mass is 10.0. The Bertz CT molecular complexity index is 1240. The number of anilines is 1. The molecule has 2 amide bonds. The van der Waals surface area contributed by atoms with Crippen molar-refractivity contribution in [2.45, 2.75) is 13.0 Å². The van der Waals surface area contributed by atoms with Crippen LogP contribution in [0.4, 0.5) is 10.1 Å². The van der Waals surface area contributed by atoms with Crippen molar-refractivity contribution in [3.8, 4) is 0 Å². The Kier molecular flexibility index (Phi) is 4.83. The van der Waals surface area contributed by atoms with Crippen molar-refractivity contribution in [1.29, 1.82) is 0 Å². The maximum atomic E-state index is 14.3. The average molecular weight is 433 g/mol. The molecule has 3 aromatic rings. The second kappa shape index (κ2) is 7.67. The fraction of sp³-hybridized carbons (Fsp3) is 0.120. The van der Waals surface area contributed by atoms with Crippen LogP contribution in [0.5, 0.6) is 0 Å². The molecule has 2 heterocycles. The van der Waals surface area contributed by atoms with Gasteiger partial charge in [-0.1, -0.05) is 60.1 Å². The van der Waals surface area contributed by atoms with Gasteiger partial charge >= 0.3 is 0 Å². The zero-order valence-corrected chi connectivity index (χ0v) is 17.3. The van der Waals surface area contributed by atoms with E-state index >= 15 is 0 Å². The third kappa shape index (κ3) is 3.31. The maximum absolute atomic E-state index is 14.3. The molecule has 31 heavy (non-hydrogen) atoms. The first-order valence-electron chi connectivity index (χ1n) is 10.00. The highest BCUT2D eigenvalue weighted by molar-refractivity contribution is 6.37. The predicted octanol–water partition coefficient (Wildman–Crippen LogP) is 4.82. The minimum Gasteiger partial charge on any atom is -0.336 e. The maximum Gasteiger partial charge on any atom is 0.278 e. The highest BCUT2D eigenvalue weighted by Gasteiger charge is 2.43. The van der Waals surface area contributed by atoms with E-state index < -0.39 is 17.6 Å². The summed E-state index contributed by atoms with van der Waals surface area (Å²) in [6, 6.07) is 20.9. The number of carbonyl (C=O) groups is 2. The first-order chi connectivity index (χ1) is 15.0. The van der Waals surface area contributed by atoms with Gasteiger partial charge < -0.3 is 4.90 Å². The number of fused-ring (bicyclic) bond motifs is 1. The van der Waals surface area contributed by atoms with Crippen molar-refractivity contribution in [1.82, 2.24) is 4.90 Å². The summed E-state index contributed by atoms with van der Waals surface area (Å²) in [5.74, 6) is -1.30. The molecule has 5 rings (SSSR count). The summed E-state index contributed by atoms with van der Waals surface area (Å²) < 4.78 is 14.3. The van der Waals surface area contributed by atoms with Gasteiger partial charge in [0.1, 0.15) is 11.5 Å². The van der Waals surface area contributed by atoms with E-state index in [1.54, 1.807) is 42.5 Å². The molecule has 6 heteroatoms. The van der Waals surface area contributed by atoms with Crippen LogP contribution in [0, 0.1) is 5.82 Å². The van der Waals surface area contributed by atoms with Crippen LogP contribution in [-0.4, -0.2) is 23.3 Å². The molecule has 0 saturated carbocycles. The number of benzene rings is 3. The molecule has 2 aliphatic rings. The standard InChI is InChI=1S/C25H18ClFN2O2/c26-19-11-9-17(10-12-19)22-23(28-14-13-16-5-2-4-8-21(16)28)25(31)29(24(22)30)15-18-6-1-3-7-20(18)27/h1-12H,13-15H2. The fourth-order valence-electron chi connectivity index (χ4n) is 4.20. The number of halogens is 2. The number of carbonyl (C=O) groups excluding carboxylic acids is 2. The van der Waals surface area contributed by atoms with E-state index in [0.29, 0.717) is 34.0 Å². The van der Waals surface area contributed by atoms with Gasteiger partial charge in [-0.2, -0.15) is 0 Å². The predicted molar refractivity (Wildman–Crippen MR) is 118 cm³/mol. The molecule has 0 saturated heterocycles. The lowest BCUT2D eigenvalue weighted by molar-refractivity contribution is -0.137. The molecule has 0 atom stereocenters. The third-order valence-corrected chi connectivity index (χ3v) is 5.97. The molecule has 0 bridgehead atoms. The molecule has 4 nitrogen and oxygen atoms in total. The highest BCUT2D eigenvalue weighted by Crippen LogP contribution is 2.39. The van der Waals surface area contributed by atoms with Crippen molar-refractivity contribution >= 4 is 34.7 Å². The first kappa shape index (κ1) is 19.5. The Balaban J connectivity index is 1.62. The minimum atomic E-state index is -0.448. The molecule has 0 N–H and O–H groups in total. The Morgan fingerprint density at radius 2 is 1.58 bits per heavy atom. The van der Waals surface area contributed by atoms with E-state index in [0.717, 1.165) is 22.6 Å². The Morgan fingerprint density at radius 3 is 2.35 bits per heavy atom. The van der Waals surface area contributed by atoms with Crippen LogP contribution in [0.25, 0.3) is 5.57 Å². The van der Waals surface area contributed by atoms with Gasteiger partial charge in [-0.15, -0.1) is 0 Å². The van der Waals surface area contributed by atoms with Gasteiger partial charge in [-0.3, -0.25) is 14.5 Å².